The molecule has 0 aliphatic heterocycles. The fourth-order valence-electron chi connectivity index (χ4n) is 2.99. The Morgan fingerprint density at radius 3 is 2.54 bits per heavy atom. The third kappa shape index (κ3) is 4.99. The average Bonchev–Trinajstić information content (AvgIpc) is 2.96. The summed E-state index contributed by atoms with van der Waals surface area (Å²) in [6.07, 6.45) is 0.908. The van der Waals surface area contributed by atoms with Crippen LogP contribution >= 0.6 is 34.8 Å². The molecule has 0 saturated carbocycles. The van der Waals surface area contributed by atoms with Gasteiger partial charge in [0.05, 0.1) is 21.1 Å². The Morgan fingerprint density at radius 1 is 1.11 bits per heavy atom. The zero-order chi connectivity index (χ0) is 20.3. The van der Waals surface area contributed by atoms with Crippen molar-refractivity contribution in [3.05, 3.63) is 62.9 Å². The van der Waals surface area contributed by atoms with Gasteiger partial charge in [0.15, 0.2) is 0 Å². The molecule has 1 N–H and O–H groups in total. The molecule has 0 aliphatic rings. The largest absolute Gasteiger partial charge is 0.356 e. The number of aryl methyl sites for hydroxylation is 1. The number of nitrogens with one attached hydrogen (secondary N) is 1. The molecule has 0 radical (unpaired) electrons. The number of amides is 1. The summed E-state index contributed by atoms with van der Waals surface area (Å²) in [7, 11) is 0. The SMILES string of the molecule is CC(C)CNC(=O)CCn1c(Cc2ccccc2Cl)nc2cc(Cl)c(Cl)cc21. The van der Waals surface area contributed by atoms with E-state index in [4.69, 9.17) is 39.8 Å². The van der Waals surface area contributed by atoms with Crippen LogP contribution in [-0.4, -0.2) is 22.0 Å². The van der Waals surface area contributed by atoms with Gasteiger partial charge in [0.2, 0.25) is 5.91 Å². The normalized spacial score (nSPS) is 11.4. The lowest BCUT2D eigenvalue weighted by atomic mass is 10.1. The van der Waals surface area contributed by atoms with E-state index < -0.39 is 0 Å². The van der Waals surface area contributed by atoms with Crippen LogP contribution in [0.1, 0.15) is 31.7 Å². The van der Waals surface area contributed by atoms with Gasteiger partial charge in [-0.25, -0.2) is 4.98 Å². The van der Waals surface area contributed by atoms with E-state index in [0.717, 1.165) is 22.4 Å². The van der Waals surface area contributed by atoms with Gasteiger partial charge < -0.3 is 9.88 Å². The molecule has 0 fully saturated rings. The Morgan fingerprint density at radius 2 is 1.82 bits per heavy atom. The molecule has 0 saturated heterocycles. The first kappa shape index (κ1) is 21.0. The van der Waals surface area contributed by atoms with Gasteiger partial charge in [0, 0.05) is 31.0 Å². The quantitative estimate of drug-likeness (QED) is 0.510. The number of nitrogens with zero attached hydrogens (tertiary/aromatic N) is 2. The molecule has 1 aromatic heterocycles. The molecule has 4 nitrogen and oxygen atoms in total. The molecular weight excluding hydrogens is 417 g/mol. The van der Waals surface area contributed by atoms with Gasteiger partial charge in [-0.05, 0) is 29.7 Å². The van der Waals surface area contributed by atoms with Crippen LogP contribution in [-0.2, 0) is 17.8 Å². The topological polar surface area (TPSA) is 46.9 Å². The van der Waals surface area contributed by atoms with Crippen molar-refractivity contribution >= 4 is 51.7 Å². The maximum Gasteiger partial charge on any atom is 0.221 e. The number of halogens is 3. The van der Waals surface area contributed by atoms with Gasteiger partial charge in [0.25, 0.3) is 0 Å². The molecule has 1 heterocycles. The number of carbonyl (C=O) groups excluding carboxylic acids is 1. The van der Waals surface area contributed by atoms with Gasteiger partial charge in [0.1, 0.15) is 5.82 Å². The second-order valence-corrected chi connectivity index (χ2v) is 8.37. The molecule has 0 bridgehead atoms. The second-order valence-electron chi connectivity index (χ2n) is 7.15. The second kappa shape index (κ2) is 9.17. The molecule has 7 heteroatoms. The maximum absolute atomic E-state index is 12.2. The van der Waals surface area contributed by atoms with Crippen LogP contribution in [0.4, 0.5) is 0 Å². The van der Waals surface area contributed by atoms with Crippen LogP contribution in [0.2, 0.25) is 15.1 Å². The molecule has 1 amide bonds. The molecule has 3 aromatic rings. The molecule has 0 unspecified atom stereocenters. The molecule has 0 aliphatic carbocycles. The van der Waals surface area contributed by atoms with Crippen LogP contribution < -0.4 is 5.32 Å². The summed E-state index contributed by atoms with van der Waals surface area (Å²) < 4.78 is 2.02. The predicted molar refractivity (Wildman–Crippen MR) is 116 cm³/mol. The molecule has 0 atom stereocenters. The Kier molecular flexibility index (Phi) is 6.86. The van der Waals surface area contributed by atoms with Crippen molar-refractivity contribution in [2.75, 3.05) is 6.54 Å². The highest BCUT2D eigenvalue weighted by Crippen LogP contribution is 2.30. The monoisotopic (exact) mass is 437 g/mol. The standard InChI is InChI=1S/C21H22Cl3N3O/c1-13(2)12-25-21(28)7-8-27-19-11-17(24)16(23)10-18(19)26-20(27)9-14-5-3-4-6-15(14)22/h3-6,10-11,13H,7-9,12H2,1-2H3,(H,25,28). The average molecular weight is 439 g/mol. The highest BCUT2D eigenvalue weighted by atomic mass is 35.5. The van der Waals surface area contributed by atoms with Crippen LogP contribution in [0.25, 0.3) is 11.0 Å². The Labute approximate surface area is 179 Å². The van der Waals surface area contributed by atoms with Crippen molar-refractivity contribution in [3.63, 3.8) is 0 Å². The minimum Gasteiger partial charge on any atom is -0.356 e. The van der Waals surface area contributed by atoms with E-state index in [9.17, 15) is 4.79 Å². The number of aromatic nitrogens is 2. The van der Waals surface area contributed by atoms with Gasteiger partial charge in [-0.1, -0.05) is 66.8 Å². The zero-order valence-electron chi connectivity index (χ0n) is 15.8. The third-order valence-electron chi connectivity index (χ3n) is 4.45. The van der Waals surface area contributed by atoms with E-state index in [1.54, 1.807) is 12.1 Å². The summed E-state index contributed by atoms with van der Waals surface area (Å²) in [4.78, 5) is 16.9. The molecule has 148 valence electrons. The minimum atomic E-state index is 0.0132. The van der Waals surface area contributed by atoms with Gasteiger partial charge >= 0.3 is 0 Å². The maximum atomic E-state index is 12.2. The van der Waals surface area contributed by atoms with Gasteiger partial charge in [-0.15, -0.1) is 0 Å². The van der Waals surface area contributed by atoms with E-state index in [1.165, 1.54) is 0 Å². The summed E-state index contributed by atoms with van der Waals surface area (Å²) in [6, 6.07) is 11.2. The molecule has 3 rings (SSSR count). The Balaban J connectivity index is 1.92. The highest BCUT2D eigenvalue weighted by molar-refractivity contribution is 6.42. The predicted octanol–water partition coefficient (Wildman–Crippen LogP) is 5.75. The summed E-state index contributed by atoms with van der Waals surface area (Å²) in [5.41, 5.74) is 2.58. The molecule has 28 heavy (non-hydrogen) atoms. The van der Waals surface area contributed by atoms with Crippen LogP contribution in [0.3, 0.4) is 0 Å². The lowest BCUT2D eigenvalue weighted by Gasteiger charge is -2.12. The fourth-order valence-corrected chi connectivity index (χ4v) is 3.50. The zero-order valence-corrected chi connectivity index (χ0v) is 18.1. The number of imidazole rings is 1. The van der Waals surface area contributed by atoms with E-state index in [-0.39, 0.29) is 5.91 Å². The van der Waals surface area contributed by atoms with Crippen molar-refractivity contribution in [3.8, 4) is 0 Å². The van der Waals surface area contributed by atoms with Crippen molar-refractivity contribution in [2.24, 2.45) is 5.92 Å². The fraction of sp³-hybridized carbons (Fsp3) is 0.333. The van der Waals surface area contributed by atoms with E-state index >= 15 is 0 Å². The number of rotatable bonds is 7. The van der Waals surface area contributed by atoms with Crippen molar-refractivity contribution in [2.45, 2.75) is 33.2 Å². The minimum absolute atomic E-state index is 0.0132. The van der Waals surface area contributed by atoms with Crippen LogP contribution in [0, 0.1) is 5.92 Å². The third-order valence-corrected chi connectivity index (χ3v) is 5.54. The van der Waals surface area contributed by atoms with Crippen molar-refractivity contribution < 1.29 is 4.79 Å². The summed E-state index contributed by atoms with van der Waals surface area (Å²) in [5.74, 6) is 1.24. The summed E-state index contributed by atoms with van der Waals surface area (Å²) >= 11 is 18.7. The number of benzene rings is 2. The first-order valence-corrected chi connectivity index (χ1v) is 10.3. The van der Waals surface area contributed by atoms with E-state index in [0.29, 0.717) is 46.9 Å². The first-order chi connectivity index (χ1) is 13.3. The number of carbonyl (C=O) groups is 1. The smallest absolute Gasteiger partial charge is 0.221 e. The number of fused-ring (bicyclic) bond motifs is 1. The Bertz CT molecular complexity index is 998. The van der Waals surface area contributed by atoms with Crippen LogP contribution in [0.15, 0.2) is 36.4 Å². The van der Waals surface area contributed by atoms with Crippen molar-refractivity contribution in [1.29, 1.82) is 0 Å². The first-order valence-electron chi connectivity index (χ1n) is 9.19. The van der Waals surface area contributed by atoms with Crippen LogP contribution in [0.5, 0.6) is 0 Å². The summed E-state index contributed by atoms with van der Waals surface area (Å²) in [5, 5.41) is 4.56. The van der Waals surface area contributed by atoms with Crippen molar-refractivity contribution in [1.82, 2.24) is 14.9 Å². The van der Waals surface area contributed by atoms with E-state index in [2.05, 4.69) is 19.2 Å². The highest BCUT2D eigenvalue weighted by Gasteiger charge is 2.16. The lowest BCUT2D eigenvalue weighted by Crippen LogP contribution is -2.28. The Hall–Kier alpha value is -1.75. The number of hydrogen-bond acceptors (Lipinski definition) is 2. The summed E-state index contributed by atoms with van der Waals surface area (Å²) in [6.45, 7) is 5.30. The molecule has 2 aromatic carbocycles. The molecular formula is C21H22Cl3N3O. The number of hydrogen-bond donors (Lipinski definition) is 1. The van der Waals surface area contributed by atoms with Gasteiger partial charge in [-0.3, -0.25) is 4.79 Å². The van der Waals surface area contributed by atoms with E-state index in [1.807, 2.05) is 28.8 Å². The lowest BCUT2D eigenvalue weighted by molar-refractivity contribution is -0.121. The molecule has 0 spiro atoms. The van der Waals surface area contributed by atoms with Gasteiger partial charge in [-0.2, -0.15) is 0 Å².